The first-order valence-corrected chi connectivity index (χ1v) is 5.20. The minimum absolute atomic E-state index is 0.145. The summed E-state index contributed by atoms with van der Waals surface area (Å²) in [6.45, 7) is 12.3. The highest BCUT2D eigenvalue weighted by atomic mass is 16.3. The zero-order chi connectivity index (χ0) is 11.4. The second-order valence-electron chi connectivity index (χ2n) is 5.81. The van der Waals surface area contributed by atoms with E-state index in [1.165, 1.54) is 0 Å². The van der Waals surface area contributed by atoms with Crippen molar-refractivity contribution in [1.82, 2.24) is 4.90 Å². The molecule has 0 bridgehead atoms. The molecule has 0 aliphatic heterocycles. The van der Waals surface area contributed by atoms with Crippen LogP contribution in [0.3, 0.4) is 0 Å². The van der Waals surface area contributed by atoms with Crippen molar-refractivity contribution in [3.05, 3.63) is 0 Å². The highest BCUT2D eigenvalue weighted by Crippen LogP contribution is 2.16. The van der Waals surface area contributed by atoms with Crippen LogP contribution >= 0.6 is 0 Å². The maximum Gasteiger partial charge on any atom is 0.0718 e. The lowest BCUT2D eigenvalue weighted by atomic mass is 9.95. The van der Waals surface area contributed by atoms with Crippen LogP contribution in [0.1, 0.15) is 34.6 Å². The van der Waals surface area contributed by atoms with Gasteiger partial charge in [0.1, 0.15) is 0 Å². The van der Waals surface area contributed by atoms with Crippen LogP contribution in [0.4, 0.5) is 0 Å². The molecule has 3 nitrogen and oxygen atoms in total. The second kappa shape index (κ2) is 5.10. The van der Waals surface area contributed by atoms with Gasteiger partial charge in [-0.25, -0.2) is 0 Å². The third-order valence-corrected chi connectivity index (χ3v) is 1.72. The van der Waals surface area contributed by atoms with Gasteiger partial charge in [0.2, 0.25) is 0 Å². The topological polar surface area (TPSA) is 43.7 Å². The molecule has 0 aromatic carbocycles. The highest BCUT2D eigenvalue weighted by molar-refractivity contribution is 4.76. The second-order valence-corrected chi connectivity index (χ2v) is 5.81. The molecule has 0 unspecified atom stereocenters. The molecule has 14 heavy (non-hydrogen) atoms. The normalized spacial score (nSPS) is 13.7. The third-order valence-electron chi connectivity index (χ3n) is 1.72. The summed E-state index contributed by atoms with van der Waals surface area (Å²) in [5.74, 6) is 0. The molecule has 0 rings (SSSR count). The Balaban J connectivity index is 4.16. The Bertz CT molecular complexity index is 140. The lowest BCUT2D eigenvalue weighted by molar-refractivity contribution is 0.0201. The Morgan fingerprint density at radius 3 is 1.79 bits per heavy atom. The first-order valence-electron chi connectivity index (χ1n) is 5.20. The Morgan fingerprint density at radius 1 is 1.00 bits per heavy atom. The predicted molar refractivity (Wildman–Crippen MR) is 59.3 cm³/mol. The van der Waals surface area contributed by atoms with Crippen LogP contribution in [-0.4, -0.2) is 47.0 Å². The average Bonchev–Trinajstić information content (AvgIpc) is 1.78. The number of aliphatic hydroxyl groups is 2. The molecule has 86 valence electrons. The van der Waals surface area contributed by atoms with Crippen molar-refractivity contribution in [3.8, 4) is 0 Å². The van der Waals surface area contributed by atoms with E-state index in [-0.39, 0.29) is 12.0 Å². The van der Waals surface area contributed by atoms with E-state index in [0.29, 0.717) is 13.1 Å². The van der Waals surface area contributed by atoms with Crippen LogP contribution in [0.2, 0.25) is 0 Å². The summed E-state index contributed by atoms with van der Waals surface area (Å²) in [7, 11) is 0. The molecule has 0 aliphatic carbocycles. The molecule has 0 atom stereocenters. The van der Waals surface area contributed by atoms with Crippen molar-refractivity contribution in [2.75, 3.05) is 26.2 Å². The summed E-state index contributed by atoms with van der Waals surface area (Å²) >= 11 is 0. The summed E-state index contributed by atoms with van der Waals surface area (Å²) in [6, 6.07) is 0. The lowest BCUT2D eigenvalue weighted by Crippen LogP contribution is -2.43. The number of hydrogen-bond donors (Lipinski definition) is 2. The molecule has 0 heterocycles. The zero-order valence-corrected chi connectivity index (χ0v) is 10.2. The van der Waals surface area contributed by atoms with Crippen LogP contribution in [0.5, 0.6) is 0 Å². The number of hydrogen-bond acceptors (Lipinski definition) is 3. The van der Waals surface area contributed by atoms with Gasteiger partial charge in [-0.1, -0.05) is 20.8 Å². The monoisotopic (exact) mass is 203 g/mol. The van der Waals surface area contributed by atoms with Gasteiger partial charge >= 0.3 is 0 Å². The lowest BCUT2D eigenvalue weighted by Gasteiger charge is -2.33. The third kappa shape index (κ3) is 8.48. The molecular weight excluding hydrogens is 178 g/mol. The van der Waals surface area contributed by atoms with Crippen molar-refractivity contribution >= 4 is 0 Å². The maximum atomic E-state index is 9.69. The molecule has 0 aromatic heterocycles. The minimum Gasteiger partial charge on any atom is -0.395 e. The van der Waals surface area contributed by atoms with Crippen LogP contribution in [0, 0.1) is 5.41 Å². The van der Waals surface area contributed by atoms with E-state index in [2.05, 4.69) is 25.7 Å². The standard InChI is InChI=1S/C11H25NO2/c1-10(2,3)8-12(6-7-13)9-11(4,5)14/h13-14H,6-9H2,1-5H3. The van der Waals surface area contributed by atoms with E-state index >= 15 is 0 Å². The van der Waals surface area contributed by atoms with Crippen molar-refractivity contribution in [3.63, 3.8) is 0 Å². The highest BCUT2D eigenvalue weighted by Gasteiger charge is 2.22. The summed E-state index contributed by atoms with van der Waals surface area (Å²) in [5, 5.41) is 18.6. The summed E-state index contributed by atoms with van der Waals surface area (Å²) in [4.78, 5) is 2.10. The van der Waals surface area contributed by atoms with Gasteiger partial charge in [-0.2, -0.15) is 0 Å². The van der Waals surface area contributed by atoms with Gasteiger partial charge in [0, 0.05) is 19.6 Å². The molecule has 2 N–H and O–H groups in total. The van der Waals surface area contributed by atoms with E-state index in [1.807, 2.05) is 0 Å². The fourth-order valence-corrected chi connectivity index (χ4v) is 1.57. The first kappa shape index (κ1) is 13.9. The summed E-state index contributed by atoms with van der Waals surface area (Å²) in [5.41, 5.74) is -0.499. The molecule has 0 saturated heterocycles. The van der Waals surface area contributed by atoms with E-state index in [1.54, 1.807) is 13.8 Å². The Labute approximate surface area is 87.7 Å². The number of aliphatic hydroxyl groups excluding tert-OH is 1. The van der Waals surface area contributed by atoms with E-state index in [9.17, 15) is 5.11 Å². The van der Waals surface area contributed by atoms with E-state index in [4.69, 9.17) is 5.11 Å². The van der Waals surface area contributed by atoms with Crippen molar-refractivity contribution in [2.45, 2.75) is 40.2 Å². The van der Waals surface area contributed by atoms with Crippen LogP contribution in [-0.2, 0) is 0 Å². The largest absolute Gasteiger partial charge is 0.395 e. The molecule has 0 aliphatic rings. The van der Waals surface area contributed by atoms with Gasteiger partial charge in [0.15, 0.2) is 0 Å². The molecule has 0 amide bonds. The molecule has 0 saturated carbocycles. The van der Waals surface area contributed by atoms with E-state index < -0.39 is 5.60 Å². The van der Waals surface area contributed by atoms with Gasteiger partial charge < -0.3 is 10.2 Å². The van der Waals surface area contributed by atoms with Gasteiger partial charge in [0.25, 0.3) is 0 Å². The average molecular weight is 203 g/mol. The van der Waals surface area contributed by atoms with Crippen molar-refractivity contribution in [2.24, 2.45) is 5.41 Å². The van der Waals surface area contributed by atoms with Crippen LogP contribution in [0.25, 0.3) is 0 Å². The Hall–Kier alpha value is -0.120. The zero-order valence-electron chi connectivity index (χ0n) is 10.2. The predicted octanol–water partition coefficient (Wildman–Crippen LogP) is 1.10. The SMILES string of the molecule is CC(C)(C)CN(CCO)CC(C)(C)O. The Kier molecular flexibility index (Phi) is 5.06. The fraction of sp³-hybridized carbons (Fsp3) is 1.00. The maximum absolute atomic E-state index is 9.69. The molecule has 0 spiro atoms. The van der Waals surface area contributed by atoms with Crippen molar-refractivity contribution < 1.29 is 10.2 Å². The molecule has 0 aromatic rings. The van der Waals surface area contributed by atoms with Crippen LogP contribution in [0.15, 0.2) is 0 Å². The van der Waals surface area contributed by atoms with Gasteiger partial charge in [-0.15, -0.1) is 0 Å². The summed E-state index contributed by atoms with van der Waals surface area (Å²) in [6.07, 6.45) is 0. The van der Waals surface area contributed by atoms with Gasteiger partial charge in [-0.3, -0.25) is 4.90 Å². The van der Waals surface area contributed by atoms with E-state index in [0.717, 1.165) is 6.54 Å². The quantitative estimate of drug-likeness (QED) is 0.703. The van der Waals surface area contributed by atoms with Crippen molar-refractivity contribution in [1.29, 1.82) is 0 Å². The Morgan fingerprint density at radius 2 is 1.50 bits per heavy atom. The fourth-order valence-electron chi connectivity index (χ4n) is 1.57. The molecular formula is C11H25NO2. The number of rotatable bonds is 5. The molecule has 3 heteroatoms. The smallest absolute Gasteiger partial charge is 0.0718 e. The number of nitrogens with zero attached hydrogens (tertiary/aromatic N) is 1. The minimum atomic E-state index is -0.694. The van der Waals surface area contributed by atoms with Crippen LogP contribution < -0.4 is 0 Å². The van der Waals surface area contributed by atoms with Gasteiger partial charge in [-0.05, 0) is 19.3 Å². The first-order chi connectivity index (χ1) is 6.14. The molecule has 0 fully saturated rings. The molecule has 0 radical (unpaired) electrons. The summed E-state index contributed by atoms with van der Waals surface area (Å²) < 4.78 is 0. The van der Waals surface area contributed by atoms with Gasteiger partial charge in [0.05, 0.1) is 12.2 Å².